The molecule has 0 N–H and O–H groups in total. The Morgan fingerprint density at radius 2 is 1.84 bits per heavy atom. The SMILES string of the molecule is BrCc1ccc2ccnc(Oc3ccccc3)c2c1. The summed E-state index contributed by atoms with van der Waals surface area (Å²) in [7, 11) is 0. The van der Waals surface area contributed by atoms with Crippen molar-refractivity contribution < 1.29 is 4.74 Å². The normalized spacial score (nSPS) is 10.6. The Morgan fingerprint density at radius 1 is 1.00 bits per heavy atom. The fourth-order valence-electron chi connectivity index (χ4n) is 1.95. The highest BCUT2D eigenvalue weighted by atomic mass is 79.9. The number of hydrogen-bond donors (Lipinski definition) is 0. The van der Waals surface area contributed by atoms with Gasteiger partial charge >= 0.3 is 0 Å². The molecule has 3 heteroatoms. The molecule has 1 aromatic heterocycles. The van der Waals surface area contributed by atoms with Crippen molar-refractivity contribution in [2.75, 3.05) is 0 Å². The van der Waals surface area contributed by atoms with Gasteiger partial charge in [0, 0.05) is 16.9 Å². The van der Waals surface area contributed by atoms with E-state index in [-0.39, 0.29) is 0 Å². The van der Waals surface area contributed by atoms with E-state index in [1.165, 1.54) is 5.56 Å². The molecule has 2 nitrogen and oxygen atoms in total. The van der Waals surface area contributed by atoms with Crippen molar-refractivity contribution in [3.05, 3.63) is 66.4 Å². The first kappa shape index (κ1) is 12.2. The number of para-hydroxylation sites is 1. The number of fused-ring (bicyclic) bond motifs is 1. The van der Waals surface area contributed by atoms with Crippen molar-refractivity contribution in [3.8, 4) is 11.6 Å². The van der Waals surface area contributed by atoms with Crippen LogP contribution in [0.5, 0.6) is 11.6 Å². The number of benzene rings is 2. The predicted octanol–water partition coefficient (Wildman–Crippen LogP) is 4.92. The minimum atomic E-state index is 0.645. The van der Waals surface area contributed by atoms with Crippen LogP contribution in [-0.4, -0.2) is 4.98 Å². The Bertz CT molecular complexity index is 697. The molecule has 1 heterocycles. The largest absolute Gasteiger partial charge is 0.438 e. The first-order valence-corrected chi connectivity index (χ1v) is 7.15. The first-order chi connectivity index (χ1) is 9.36. The fraction of sp³-hybridized carbons (Fsp3) is 0.0625. The van der Waals surface area contributed by atoms with Crippen LogP contribution in [0, 0.1) is 0 Å². The van der Waals surface area contributed by atoms with E-state index in [1.807, 2.05) is 36.4 Å². The van der Waals surface area contributed by atoms with E-state index in [4.69, 9.17) is 4.74 Å². The number of nitrogens with zero attached hydrogens (tertiary/aromatic N) is 1. The van der Waals surface area contributed by atoms with Gasteiger partial charge < -0.3 is 4.74 Å². The molecule has 0 bridgehead atoms. The van der Waals surface area contributed by atoms with Crippen molar-refractivity contribution in [1.82, 2.24) is 4.98 Å². The summed E-state index contributed by atoms with van der Waals surface area (Å²) in [6.45, 7) is 0. The quantitative estimate of drug-likeness (QED) is 0.640. The molecule has 3 aromatic rings. The van der Waals surface area contributed by atoms with Crippen LogP contribution in [0.3, 0.4) is 0 Å². The van der Waals surface area contributed by atoms with E-state index >= 15 is 0 Å². The Balaban J connectivity index is 2.07. The Labute approximate surface area is 120 Å². The molecule has 0 unspecified atom stereocenters. The summed E-state index contributed by atoms with van der Waals surface area (Å²) < 4.78 is 5.86. The molecule has 0 spiro atoms. The van der Waals surface area contributed by atoms with Gasteiger partial charge in [-0.05, 0) is 35.2 Å². The van der Waals surface area contributed by atoms with E-state index in [0.29, 0.717) is 5.88 Å². The van der Waals surface area contributed by atoms with E-state index in [9.17, 15) is 0 Å². The zero-order valence-electron chi connectivity index (χ0n) is 10.2. The van der Waals surface area contributed by atoms with Crippen LogP contribution in [0.15, 0.2) is 60.8 Å². The summed E-state index contributed by atoms with van der Waals surface area (Å²) in [5.74, 6) is 1.44. The number of ether oxygens (including phenoxy) is 1. The van der Waals surface area contributed by atoms with Crippen LogP contribution in [0.25, 0.3) is 10.8 Å². The lowest BCUT2D eigenvalue weighted by Gasteiger charge is -2.08. The van der Waals surface area contributed by atoms with E-state index in [2.05, 4.69) is 39.1 Å². The van der Waals surface area contributed by atoms with E-state index in [0.717, 1.165) is 21.9 Å². The third-order valence-corrected chi connectivity index (χ3v) is 3.55. The summed E-state index contributed by atoms with van der Waals surface area (Å²) in [6.07, 6.45) is 1.77. The molecule has 2 aromatic carbocycles. The zero-order valence-corrected chi connectivity index (χ0v) is 11.8. The zero-order chi connectivity index (χ0) is 13.1. The number of halogens is 1. The van der Waals surface area contributed by atoms with Crippen LogP contribution in [0.2, 0.25) is 0 Å². The van der Waals surface area contributed by atoms with Crippen LogP contribution in [0.1, 0.15) is 5.56 Å². The molecule has 0 atom stereocenters. The molecule has 0 amide bonds. The second kappa shape index (κ2) is 5.41. The Morgan fingerprint density at radius 3 is 2.63 bits per heavy atom. The second-order valence-corrected chi connectivity index (χ2v) is 4.78. The maximum atomic E-state index is 5.86. The molecular formula is C16H12BrNO. The summed E-state index contributed by atoms with van der Waals surface area (Å²) >= 11 is 3.47. The molecule has 0 aliphatic rings. The lowest BCUT2D eigenvalue weighted by atomic mass is 10.1. The van der Waals surface area contributed by atoms with Crippen molar-refractivity contribution in [2.45, 2.75) is 5.33 Å². The Hall–Kier alpha value is -1.87. The van der Waals surface area contributed by atoms with Crippen LogP contribution in [0.4, 0.5) is 0 Å². The lowest BCUT2D eigenvalue weighted by Crippen LogP contribution is -1.90. The van der Waals surface area contributed by atoms with E-state index < -0.39 is 0 Å². The monoisotopic (exact) mass is 313 g/mol. The maximum absolute atomic E-state index is 5.86. The highest BCUT2D eigenvalue weighted by Gasteiger charge is 2.05. The number of aromatic nitrogens is 1. The molecule has 0 radical (unpaired) electrons. The van der Waals surface area contributed by atoms with Gasteiger partial charge in [0.25, 0.3) is 0 Å². The van der Waals surface area contributed by atoms with Gasteiger partial charge in [0.05, 0.1) is 0 Å². The maximum Gasteiger partial charge on any atom is 0.227 e. The van der Waals surface area contributed by atoms with Crippen molar-refractivity contribution >= 4 is 26.7 Å². The van der Waals surface area contributed by atoms with Crippen molar-refractivity contribution in [2.24, 2.45) is 0 Å². The van der Waals surface area contributed by atoms with Gasteiger partial charge in [-0.2, -0.15) is 0 Å². The fourth-order valence-corrected chi connectivity index (χ4v) is 2.30. The minimum Gasteiger partial charge on any atom is -0.438 e. The third-order valence-electron chi connectivity index (χ3n) is 2.91. The Kier molecular flexibility index (Phi) is 3.47. The highest BCUT2D eigenvalue weighted by molar-refractivity contribution is 9.08. The number of pyridine rings is 1. The molecular weight excluding hydrogens is 302 g/mol. The molecule has 3 rings (SSSR count). The number of hydrogen-bond acceptors (Lipinski definition) is 2. The second-order valence-electron chi connectivity index (χ2n) is 4.22. The van der Waals surface area contributed by atoms with Gasteiger partial charge in [0.15, 0.2) is 0 Å². The van der Waals surface area contributed by atoms with Crippen LogP contribution >= 0.6 is 15.9 Å². The number of alkyl halides is 1. The smallest absolute Gasteiger partial charge is 0.227 e. The summed E-state index contributed by atoms with van der Waals surface area (Å²) in [6, 6.07) is 18.0. The highest BCUT2D eigenvalue weighted by Crippen LogP contribution is 2.28. The molecule has 94 valence electrons. The van der Waals surface area contributed by atoms with Gasteiger partial charge in [-0.25, -0.2) is 4.98 Å². The van der Waals surface area contributed by atoms with Crippen molar-refractivity contribution in [1.29, 1.82) is 0 Å². The van der Waals surface area contributed by atoms with Crippen molar-refractivity contribution in [3.63, 3.8) is 0 Å². The van der Waals surface area contributed by atoms with Crippen LogP contribution < -0.4 is 4.74 Å². The average molecular weight is 314 g/mol. The molecule has 0 saturated heterocycles. The average Bonchev–Trinajstić information content (AvgIpc) is 2.48. The standard InChI is InChI=1S/C16H12BrNO/c17-11-12-6-7-13-8-9-18-16(15(13)10-12)19-14-4-2-1-3-5-14/h1-10H,11H2. The van der Waals surface area contributed by atoms with Gasteiger partial charge in [-0.15, -0.1) is 0 Å². The molecule has 19 heavy (non-hydrogen) atoms. The minimum absolute atomic E-state index is 0.645. The molecule has 0 aliphatic carbocycles. The molecule has 0 aliphatic heterocycles. The summed E-state index contributed by atoms with van der Waals surface area (Å²) in [5.41, 5.74) is 1.21. The third kappa shape index (κ3) is 2.61. The van der Waals surface area contributed by atoms with Crippen LogP contribution in [-0.2, 0) is 5.33 Å². The van der Waals surface area contributed by atoms with Gasteiger partial charge in [-0.3, -0.25) is 0 Å². The lowest BCUT2D eigenvalue weighted by molar-refractivity contribution is 0.469. The summed E-state index contributed by atoms with van der Waals surface area (Å²) in [5, 5.41) is 2.98. The van der Waals surface area contributed by atoms with Gasteiger partial charge in [0.2, 0.25) is 5.88 Å². The molecule has 0 fully saturated rings. The van der Waals surface area contributed by atoms with Gasteiger partial charge in [0.1, 0.15) is 5.75 Å². The van der Waals surface area contributed by atoms with E-state index in [1.54, 1.807) is 6.20 Å². The predicted molar refractivity (Wildman–Crippen MR) is 80.9 cm³/mol. The molecule has 0 saturated carbocycles. The first-order valence-electron chi connectivity index (χ1n) is 6.03. The topological polar surface area (TPSA) is 22.1 Å². The number of rotatable bonds is 3. The van der Waals surface area contributed by atoms with Gasteiger partial charge in [-0.1, -0.05) is 46.3 Å². The summed E-state index contributed by atoms with van der Waals surface area (Å²) in [4.78, 5) is 4.34.